The molecule has 25 heavy (non-hydrogen) atoms. The van der Waals surface area contributed by atoms with E-state index in [-0.39, 0.29) is 16.5 Å². The van der Waals surface area contributed by atoms with Crippen LogP contribution in [0, 0.1) is 6.92 Å². The minimum absolute atomic E-state index is 0.0237. The summed E-state index contributed by atoms with van der Waals surface area (Å²) in [6, 6.07) is 4.26. The first kappa shape index (κ1) is 19.4. The number of carbonyl (C=O) groups excluding carboxylic acids is 2. The minimum Gasteiger partial charge on any atom is -0.452 e. The summed E-state index contributed by atoms with van der Waals surface area (Å²) in [7, 11) is -2.27. The monoisotopic (exact) mass is 368 g/mol. The van der Waals surface area contributed by atoms with Gasteiger partial charge < -0.3 is 10.1 Å². The summed E-state index contributed by atoms with van der Waals surface area (Å²) in [5, 5.41) is 2.35. The number of aryl methyl sites for hydroxylation is 1. The molecule has 1 aliphatic carbocycles. The van der Waals surface area contributed by atoms with Crippen LogP contribution < -0.4 is 10.0 Å². The van der Waals surface area contributed by atoms with E-state index < -0.39 is 28.5 Å². The van der Waals surface area contributed by atoms with Gasteiger partial charge in [0.25, 0.3) is 5.91 Å². The molecule has 2 rings (SSSR count). The fourth-order valence-corrected chi connectivity index (χ4v) is 4.11. The van der Waals surface area contributed by atoms with E-state index in [4.69, 9.17) is 4.74 Å². The van der Waals surface area contributed by atoms with Gasteiger partial charge in [-0.1, -0.05) is 25.3 Å². The molecule has 0 saturated heterocycles. The molecule has 7 nitrogen and oxygen atoms in total. The number of hydrogen-bond acceptors (Lipinski definition) is 5. The van der Waals surface area contributed by atoms with Crippen molar-refractivity contribution >= 4 is 21.9 Å². The molecule has 0 unspecified atom stereocenters. The largest absolute Gasteiger partial charge is 0.452 e. The Balaban J connectivity index is 2.16. The molecule has 2 N–H and O–H groups in total. The average Bonchev–Trinajstić information content (AvgIpc) is 2.60. The molecule has 8 heteroatoms. The number of ether oxygens (including phenoxy) is 1. The van der Waals surface area contributed by atoms with Crippen LogP contribution in [-0.4, -0.2) is 40.0 Å². The number of rotatable bonds is 6. The molecule has 0 spiro atoms. The highest BCUT2D eigenvalue weighted by Gasteiger charge is 2.23. The Labute approximate surface area is 148 Å². The second-order valence-corrected chi connectivity index (χ2v) is 7.90. The van der Waals surface area contributed by atoms with Crippen molar-refractivity contribution < 1.29 is 22.7 Å². The Bertz CT molecular complexity index is 739. The molecule has 0 atom stereocenters. The van der Waals surface area contributed by atoms with Gasteiger partial charge in [0.2, 0.25) is 10.0 Å². The van der Waals surface area contributed by atoms with E-state index in [1.807, 2.05) is 0 Å². The van der Waals surface area contributed by atoms with Gasteiger partial charge in [0, 0.05) is 13.1 Å². The number of amides is 1. The third-order valence-corrected chi connectivity index (χ3v) is 5.80. The minimum atomic E-state index is -3.71. The molecule has 0 aliphatic heterocycles. The van der Waals surface area contributed by atoms with Crippen molar-refractivity contribution in [2.75, 3.05) is 13.7 Å². The molecular weight excluding hydrogens is 344 g/mol. The lowest BCUT2D eigenvalue weighted by molar-refractivity contribution is -0.123. The van der Waals surface area contributed by atoms with Gasteiger partial charge in [0.1, 0.15) is 0 Å². The van der Waals surface area contributed by atoms with Crippen LogP contribution in [0.2, 0.25) is 0 Å². The van der Waals surface area contributed by atoms with Crippen LogP contribution in [0.15, 0.2) is 23.1 Å². The SMILES string of the molecule is CNC(=O)COC(=O)c1cc(S(=O)(=O)NC2CCCCC2)ccc1C. The van der Waals surface area contributed by atoms with E-state index in [0.717, 1.165) is 32.1 Å². The molecule has 0 heterocycles. The maximum Gasteiger partial charge on any atom is 0.338 e. The van der Waals surface area contributed by atoms with Crippen LogP contribution >= 0.6 is 0 Å². The molecule has 1 amide bonds. The second kappa shape index (κ2) is 8.44. The number of nitrogens with one attached hydrogen (secondary N) is 2. The lowest BCUT2D eigenvalue weighted by Gasteiger charge is -2.22. The number of likely N-dealkylation sites (N-methyl/N-ethyl adjacent to an activating group) is 1. The van der Waals surface area contributed by atoms with E-state index in [9.17, 15) is 18.0 Å². The highest BCUT2D eigenvalue weighted by molar-refractivity contribution is 7.89. The first-order valence-corrected chi connectivity index (χ1v) is 9.82. The van der Waals surface area contributed by atoms with Crippen LogP contribution in [0.1, 0.15) is 48.0 Å². The van der Waals surface area contributed by atoms with E-state index in [1.54, 1.807) is 13.0 Å². The zero-order valence-corrected chi connectivity index (χ0v) is 15.3. The molecule has 138 valence electrons. The summed E-state index contributed by atoms with van der Waals surface area (Å²) in [6.45, 7) is 1.27. The number of hydrogen-bond donors (Lipinski definition) is 2. The normalized spacial score (nSPS) is 15.6. The van der Waals surface area contributed by atoms with Crippen molar-refractivity contribution in [2.24, 2.45) is 0 Å². The van der Waals surface area contributed by atoms with E-state index in [0.29, 0.717) is 5.56 Å². The summed E-state index contributed by atoms with van der Waals surface area (Å²) < 4.78 is 32.8. The lowest BCUT2D eigenvalue weighted by atomic mass is 9.96. The summed E-state index contributed by atoms with van der Waals surface area (Å²) in [5.41, 5.74) is 0.717. The van der Waals surface area contributed by atoms with Crippen molar-refractivity contribution in [3.8, 4) is 0 Å². The summed E-state index contributed by atoms with van der Waals surface area (Å²) in [4.78, 5) is 23.3. The number of carbonyl (C=O) groups is 2. The summed E-state index contributed by atoms with van der Waals surface area (Å²) in [6.07, 6.45) is 4.80. The Morgan fingerprint density at radius 3 is 2.52 bits per heavy atom. The Kier molecular flexibility index (Phi) is 6.55. The fourth-order valence-electron chi connectivity index (χ4n) is 2.78. The summed E-state index contributed by atoms with van der Waals surface area (Å²) >= 11 is 0. The fraction of sp³-hybridized carbons (Fsp3) is 0.529. The zero-order valence-electron chi connectivity index (χ0n) is 14.5. The smallest absolute Gasteiger partial charge is 0.338 e. The van der Waals surface area contributed by atoms with Gasteiger partial charge in [-0.2, -0.15) is 0 Å². The summed E-state index contributed by atoms with van der Waals surface area (Å²) in [5.74, 6) is -1.16. The maximum absolute atomic E-state index is 12.6. The Morgan fingerprint density at radius 1 is 1.20 bits per heavy atom. The van der Waals surface area contributed by atoms with Gasteiger partial charge >= 0.3 is 5.97 Å². The van der Waals surface area contributed by atoms with Crippen LogP contribution in [0.5, 0.6) is 0 Å². The van der Waals surface area contributed by atoms with Gasteiger partial charge in [-0.25, -0.2) is 17.9 Å². The number of sulfonamides is 1. The van der Waals surface area contributed by atoms with Crippen molar-refractivity contribution in [1.82, 2.24) is 10.0 Å². The quantitative estimate of drug-likeness (QED) is 0.741. The second-order valence-electron chi connectivity index (χ2n) is 6.18. The van der Waals surface area contributed by atoms with Crippen molar-refractivity contribution in [3.05, 3.63) is 29.3 Å². The molecule has 1 aromatic rings. The molecular formula is C17H24N2O5S. The van der Waals surface area contributed by atoms with E-state index >= 15 is 0 Å². The average molecular weight is 368 g/mol. The van der Waals surface area contributed by atoms with Gasteiger partial charge in [0.15, 0.2) is 6.61 Å². The first-order valence-electron chi connectivity index (χ1n) is 8.34. The van der Waals surface area contributed by atoms with Crippen molar-refractivity contribution in [1.29, 1.82) is 0 Å². The third kappa shape index (κ3) is 5.27. The zero-order chi connectivity index (χ0) is 18.4. The van der Waals surface area contributed by atoms with Crippen molar-refractivity contribution in [2.45, 2.75) is 50.0 Å². The van der Waals surface area contributed by atoms with Crippen LogP contribution in [-0.2, 0) is 19.6 Å². The van der Waals surface area contributed by atoms with Gasteiger partial charge in [-0.15, -0.1) is 0 Å². The number of esters is 1. The molecule has 1 fully saturated rings. The molecule has 1 saturated carbocycles. The Morgan fingerprint density at radius 2 is 1.88 bits per heavy atom. The maximum atomic E-state index is 12.6. The standard InChI is InChI=1S/C17H24N2O5S/c1-12-8-9-14(10-15(12)17(21)24-11-16(20)18-2)25(22,23)19-13-6-4-3-5-7-13/h8-10,13,19H,3-7,11H2,1-2H3,(H,18,20). The van der Waals surface area contributed by atoms with Crippen LogP contribution in [0.3, 0.4) is 0 Å². The molecule has 0 aromatic heterocycles. The lowest BCUT2D eigenvalue weighted by Crippen LogP contribution is -2.36. The van der Waals surface area contributed by atoms with Gasteiger partial charge in [-0.3, -0.25) is 4.79 Å². The van der Waals surface area contributed by atoms with Crippen LogP contribution in [0.25, 0.3) is 0 Å². The Hall–Kier alpha value is -1.93. The molecule has 1 aliphatic rings. The van der Waals surface area contributed by atoms with E-state index in [2.05, 4.69) is 10.0 Å². The molecule has 1 aromatic carbocycles. The molecule has 0 radical (unpaired) electrons. The molecule has 0 bridgehead atoms. The first-order chi connectivity index (χ1) is 11.8. The third-order valence-electron chi connectivity index (χ3n) is 4.28. The number of benzene rings is 1. The highest BCUT2D eigenvalue weighted by atomic mass is 32.2. The predicted molar refractivity (Wildman–Crippen MR) is 92.7 cm³/mol. The highest BCUT2D eigenvalue weighted by Crippen LogP contribution is 2.21. The van der Waals surface area contributed by atoms with Gasteiger partial charge in [-0.05, 0) is 37.5 Å². The van der Waals surface area contributed by atoms with Gasteiger partial charge in [0.05, 0.1) is 10.5 Å². The van der Waals surface area contributed by atoms with Crippen molar-refractivity contribution in [3.63, 3.8) is 0 Å². The van der Waals surface area contributed by atoms with Crippen LogP contribution in [0.4, 0.5) is 0 Å². The predicted octanol–water partition coefficient (Wildman–Crippen LogP) is 1.51. The van der Waals surface area contributed by atoms with E-state index in [1.165, 1.54) is 19.2 Å². The topological polar surface area (TPSA) is 102 Å².